The summed E-state index contributed by atoms with van der Waals surface area (Å²) in [6, 6.07) is 10.7. The van der Waals surface area contributed by atoms with Crippen molar-refractivity contribution < 1.29 is 19.7 Å². The maximum atomic E-state index is 11.8. The topological polar surface area (TPSA) is 92.8 Å². The minimum atomic E-state index is -0.650. The van der Waals surface area contributed by atoms with Crippen molar-refractivity contribution in [2.45, 2.75) is 19.9 Å². The lowest BCUT2D eigenvalue weighted by Crippen LogP contribution is -2.38. The standard InChI is InChI=1S/C19H21NO4/c1-12(2)18(20)19(23)24-17-7-5-13(6-8-17)3-4-14-9-15(21)11-16(22)10-14/h3-12,18,21-22H,20H2,1-2H3/b4-3-/t18-/m0/s1. The fraction of sp³-hybridized carbons (Fsp3) is 0.211. The largest absolute Gasteiger partial charge is 0.508 e. The Balaban J connectivity index is 2.04. The van der Waals surface area contributed by atoms with Gasteiger partial charge in [-0.2, -0.15) is 0 Å². The number of rotatable bonds is 5. The van der Waals surface area contributed by atoms with E-state index < -0.39 is 12.0 Å². The number of esters is 1. The van der Waals surface area contributed by atoms with Gasteiger partial charge in [0.2, 0.25) is 0 Å². The van der Waals surface area contributed by atoms with Crippen LogP contribution in [-0.4, -0.2) is 22.2 Å². The Morgan fingerprint density at radius 2 is 1.54 bits per heavy atom. The maximum absolute atomic E-state index is 11.8. The number of benzene rings is 2. The van der Waals surface area contributed by atoms with Crippen LogP contribution in [0.3, 0.4) is 0 Å². The van der Waals surface area contributed by atoms with E-state index in [2.05, 4.69) is 0 Å². The first-order valence-corrected chi connectivity index (χ1v) is 7.63. The maximum Gasteiger partial charge on any atom is 0.328 e. The molecule has 4 N–H and O–H groups in total. The molecule has 0 unspecified atom stereocenters. The SMILES string of the molecule is CC(C)[C@H](N)C(=O)Oc1ccc(/C=C\c2cc(O)cc(O)c2)cc1. The van der Waals surface area contributed by atoms with Crippen molar-refractivity contribution in [3.63, 3.8) is 0 Å². The van der Waals surface area contributed by atoms with Gasteiger partial charge in [-0.15, -0.1) is 0 Å². The number of carbonyl (C=O) groups is 1. The number of phenolic OH excluding ortho intramolecular Hbond substituents is 2. The number of hydrogen-bond acceptors (Lipinski definition) is 5. The summed E-state index contributed by atoms with van der Waals surface area (Å²) in [7, 11) is 0. The molecule has 126 valence electrons. The summed E-state index contributed by atoms with van der Waals surface area (Å²) in [5, 5.41) is 18.9. The molecule has 2 rings (SSSR count). The van der Waals surface area contributed by atoms with Crippen LogP contribution in [0.15, 0.2) is 42.5 Å². The zero-order valence-corrected chi connectivity index (χ0v) is 13.6. The van der Waals surface area contributed by atoms with Gasteiger partial charge in [0, 0.05) is 6.07 Å². The van der Waals surface area contributed by atoms with E-state index in [4.69, 9.17) is 10.5 Å². The van der Waals surface area contributed by atoms with Crippen molar-refractivity contribution in [3.05, 3.63) is 53.6 Å². The lowest BCUT2D eigenvalue weighted by Gasteiger charge is -2.14. The summed E-state index contributed by atoms with van der Waals surface area (Å²) < 4.78 is 5.23. The molecule has 0 radical (unpaired) electrons. The first kappa shape index (κ1) is 17.6. The Morgan fingerprint density at radius 3 is 2.08 bits per heavy atom. The summed E-state index contributed by atoms with van der Waals surface area (Å²) in [5.41, 5.74) is 7.30. The predicted octanol–water partition coefficient (Wildman–Crippen LogP) is 3.16. The molecule has 0 spiro atoms. The van der Waals surface area contributed by atoms with E-state index in [0.29, 0.717) is 11.3 Å². The molecule has 0 aromatic heterocycles. The van der Waals surface area contributed by atoms with Gasteiger partial charge in [-0.25, -0.2) is 4.79 Å². The third-order valence-electron chi connectivity index (χ3n) is 3.48. The molecule has 5 nitrogen and oxygen atoms in total. The van der Waals surface area contributed by atoms with Crippen LogP contribution in [0, 0.1) is 5.92 Å². The van der Waals surface area contributed by atoms with E-state index in [0.717, 1.165) is 5.56 Å². The van der Waals surface area contributed by atoms with Crippen LogP contribution in [0.4, 0.5) is 0 Å². The highest BCUT2D eigenvalue weighted by Crippen LogP contribution is 2.22. The normalized spacial score (nSPS) is 12.5. The molecule has 0 aliphatic heterocycles. The number of carbonyl (C=O) groups excluding carboxylic acids is 1. The lowest BCUT2D eigenvalue weighted by molar-refractivity contribution is -0.136. The third-order valence-corrected chi connectivity index (χ3v) is 3.48. The van der Waals surface area contributed by atoms with E-state index in [1.54, 1.807) is 42.5 Å². The Labute approximate surface area is 141 Å². The molecule has 2 aromatic carbocycles. The quantitative estimate of drug-likeness (QED) is 0.446. The Bertz CT molecular complexity index is 715. The second-order valence-corrected chi connectivity index (χ2v) is 5.88. The molecule has 0 aliphatic rings. The lowest BCUT2D eigenvalue weighted by atomic mass is 10.1. The molecule has 0 aliphatic carbocycles. The molecule has 0 fully saturated rings. The molecule has 0 amide bonds. The van der Waals surface area contributed by atoms with Gasteiger partial charge in [0.05, 0.1) is 0 Å². The Morgan fingerprint density at radius 1 is 1.00 bits per heavy atom. The summed E-state index contributed by atoms with van der Waals surface area (Å²) in [4.78, 5) is 11.8. The van der Waals surface area contributed by atoms with Gasteiger partial charge in [-0.1, -0.05) is 38.1 Å². The van der Waals surface area contributed by atoms with Crippen LogP contribution < -0.4 is 10.5 Å². The molecule has 0 heterocycles. The van der Waals surface area contributed by atoms with Gasteiger partial charge in [0.25, 0.3) is 0 Å². The number of phenols is 2. The first-order chi connectivity index (χ1) is 11.3. The van der Waals surface area contributed by atoms with Crippen molar-refractivity contribution in [1.29, 1.82) is 0 Å². The minimum absolute atomic E-state index is 0.00148. The summed E-state index contributed by atoms with van der Waals surface area (Å²) in [6.07, 6.45) is 3.58. The van der Waals surface area contributed by atoms with E-state index >= 15 is 0 Å². The van der Waals surface area contributed by atoms with Crippen LogP contribution >= 0.6 is 0 Å². The van der Waals surface area contributed by atoms with Crippen LogP contribution in [0.25, 0.3) is 12.2 Å². The molecule has 1 atom stereocenters. The average Bonchev–Trinajstić information content (AvgIpc) is 2.52. The van der Waals surface area contributed by atoms with E-state index in [9.17, 15) is 15.0 Å². The van der Waals surface area contributed by atoms with E-state index in [1.165, 1.54) is 6.07 Å². The van der Waals surface area contributed by atoms with Crippen molar-refractivity contribution in [1.82, 2.24) is 0 Å². The molecule has 0 bridgehead atoms. The fourth-order valence-corrected chi connectivity index (χ4v) is 2.01. The number of nitrogens with two attached hydrogens (primary N) is 1. The minimum Gasteiger partial charge on any atom is -0.508 e. The second kappa shape index (κ2) is 7.66. The highest BCUT2D eigenvalue weighted by molar-refractivity contribution is 5.78. The average molecular weight is 327 g/mol. The van der Waals surface area contributed by atoms with E-state index in [1.807, 2.05) is 19.9 Å². The van der Waals surface area contributed by atoms with Crippen LogP contribution in [0.5, 0.6) is 17.2 Å². The number of hydrogen-bond donors (Lipinski definition) is 3. The van der Waals surface area contributed by atoms with Gasteiger partial charge in [0.1, 0.15) is 23.3 Å². The molecule has 0 saturated carbocycles. The first-order valence-electron chi connectivity index (χ1n) is 7.63. The van der Waals surface area contributed by atoms with Crippen LogP contribution in [0.2, 0.25) is 0 Å². The highest BCUT2D eigenvalue weighted by atomic mass is 16.5. The molecule has 0 saturated heterocycles. The van der Waals surface area contributed by atoms with Crippen molar-refractivity contribution in [3.8, 4) is 17.2 Å². The Kier molecular flexibility index (Phi) is 5.60. The van der Waals surface area contributed by atoms with Gasteiger partial charge in [0.15, 0.2) is 0 Å². The Hall–Kier alpha value is -2.79. The summed E-state index contributed by atoms with van der Waals surface area (Å²) in [5.74, 6) is -0.0120. The smallest absolute Gasteiger partial charge is 0.328 e. The third kappa shape index (κ3) is 4.86. The molecular weight excluding hydrogens is 306 g/mol. The monoisotopic (exact) mass is 327 g/mol. The van der Waals surface area contributed by atoms with Crippen LogP contribution in [0.1, 0.15) is 25.0 Å². The summed E-state index contributed by atoms with van der Waals surface area (Å²) >= 11 is 0. The second-order valence-electron chi connectivity index (χ2n) is 5.88. The number of ether oxygens (including phenoxy) is 1. The van der Waals surface area contributed by atoms with Crippen molar-refractivity contribution >= 4 is 18.1 Å². The number of aromatic hydroxyl groups is 2. The van der Waals surface area contributed by atoms with E-state index in [-0.39, 0.29) is 17.4 Å². The van der Waals surface area contributed by atoms with Gasteiger partial charge >= 0.3 is 5.97 Å². The fourth-order valence-electron chi connectivity index (χ4n) is 2.01. The van der Waals surface area contributed by atoms with Gasteiger partial charge in [-0.05, 0) is 41.3 Å². The van der Waals surface area contributed by atoms with Crippen LogP contribution in [-0.2, 0) is 4.79 Å². The summed E-state index contributed by atoms with van der Waals surface area (Å²) in [6.45, 7) is 3.72. The highest BCUT2D eigenvalue weighted by Gasteiger charge is 2.19. The molecule has 2 aromatic rings. The molecule has 5 heteroatoms. The molecular formula is C19H21NO4. The zero-order chi connectivity index (χ0) is 17.7. The zero-order valence-electron chi connectivity index (χ0n) is 13.6. The molecule has 24 heavy (non-hydrogen) atoms. The van der Waals surface area contributed by atoms with Gasteiger partial charge < -0.3 is 20.7 Å². The predicted molar refractivity (Wildman–Crippen MR) is 93.6 cm³/mol. The van der Waals surface area contributed by atoms with Crippen molar-refractivity contribution in [2.24, 2.45) is 11.7 Å². The van der Waals surface area contributed by atoms with Crippen molar-refractivity contribution in [2.75, 3.05) is 0 Å². The van der Waals surface area contributed by atoms with Gasteiger partial charge in [-0.3, -0.25) is 0 Å².